The van der Waals surface area contributed by atoms with Gasteiger partial charge >= 0.3 is 0 Å². The Labute approximate surface area is 124 Å². The molecule has 2 N–H and O–H groups in total. The SMILES string of the molecule is CN(CCN1CCCC1)C(CN)c1ccc(Br)cc1. The molecule has 1 unspecified atom stereocenters. The summed E-state index contributed by atoms with van der Waals surface area (Å²) in [5.41, 5.74) is 7.26. The van der Waals surface area contributed by atoms with Gasteiger partial charge in [0.2, 0.25) is 0 Å². The molecule has 0 bridgehead atoms. The van der Waals surface area contributed by atoms with E-state index in [0.717, 1.165) is 17.6 Å². The van der Waals surface area contributed by atoms with Gasteiger partial charge in [-0.05, 0) is 50.7 Å². The zero-order chi connectivity index (χ0) is 13.7. The molecular weight excluding hydrogens is 302 g/mol. The third-order valence-electron chi connectivity index (χ3n) is 3.98. The maximum absolute atomic E-state index is 5.96. The molecule has 2 rings (SSSR count). The van der Waals surface area contributed by atoms with Crippen molar-refractivity contribution >= 4 is 15.9 Å². The predicted molar refractivity (Wildman–Crippen MR) is 84.2 cm³/mol. The largest absolute Gasteiger partial charge is 0.329 e. The van der Waals surface area contributed by atoms with Crippen molar-refractivity contribution in [1.29, 1.82) is 0 Å². The van der Waals surface area contributed by atoms with Crippen LogP contribution < -0.4 is 5.73 Å². The highest BCUT2D eigenvalue weighted by Gasteiger charge is 2.17. The molecule has 1 aliphatic rings. The lowest BCUT2D eigenvalue weighted by molar-refractivity contribution is 0.209. The summed E-state index contributed by atoms with van der Waals surface area (Å²) >= 11 is 3.48. The van der Waals surface area contributed by atoms with Gasteiger partial charge in [-0.1, -0.05) is 28.1 Å². The zero-order valence-corrected chi connectivity index (χ0v) is 13.3. The van der Waals surface area contributed by atoms with Gasteiger partial charge in [-0.25, -0.2) is 0 Å². The molecule has 1 heterocycles. The summed E-state index contributed by atoms with van der Waals surface area (Å²) in [6.07, 6.45) is 2.72. The first-order valence-corrected chi connectivity index (χ1v) is 7.88. The molecule has 0 saturated carbocycles. The normalized spacial score (nSPS) is 18.1. The summed E-state index contributed by atoms with van der Waals surface area (Å²) in [6, 6.07) is 8.82. The quantitative estimate of drug-likeness (QED) is 0.872. The van der Waals surface area contributed by atoms with Gasteiger partial charge in [0.15, 0.2) is 0 Å². The fraction of sp³-hybridized carbons (Fsp3) is 0.600. The van der Waals surface area contributed by atoms with Crippen molar-refractivity contribution in [2.45, 2.75) is 18.9 Å². The van der Waals surface area contributed by atoms with Crippen LogP contribution in [-0.4, -0.2) is 49.6 Å². The maximum atomic E-state index is 5.96. The van der Waals surface area contributed by atoms with Crippen LogP contribution in [-0.2, 0) is 0 Å². The Balaban J connectivity index is 1.90. The number of hydrogen-bond donors (Lipinski definition) is 1. The molecule has 106 valence electrons. The number of hydrogen-bond acceptors (Lipinski definition) is 3. The van der Waals surface area contributed by atoms with Crippen LogP contribution in [0.4, 0.5) is 0 Å². The van der Waals surface area contributed by atoms with E-state index in [1.165, 1.54) is 31.5 Å². The van der Waals surface area contributed by atoms with E-state index in [1.54, 1.807) is 0 Å². The minimum atomic E-state index is 0.315. The monoisotopic (exact) mass is 325 g/mol. The lowest BCUT2D eigenvalue weighted by atomic mass is 10.1. The highest BCUT2D eigenvalue weighted by Crippen LogP contribution is 2.20. The molecule has 0 aromatic heterocycles. The van der Waals surface area contributed by atoms with Crippen LogP contribution in [0, 0.1) is 0 Å². The minimum Gasteiger partial charge on any atom is -0.329 e. The number of nitrogens with two attached hydrogens (primary N) is 1. The Kier molecular flexibility index (Phi) is 5.82. The van der Waals surface area contributed by atoms with Gasteiger partial charge in [-0.15, -0.1) is 0 Å². The van der Waals surface area contributed by atoms with Gasteiger partial charge in [-0.2, -0.15) is 0 Å². The average molecular weight is 326 g/mol. The third-order valence-corrected chi connectivity index (χ3v) is 4.51. The van der Waals surface area contributed by atoms with E-state index in [0.29, 0.717) is 12.6 Å². The zero-order valence-electron chi connectivity index (χ0n) is 11.7. The van der Waals surface area contributed by atoms with Gasteiger partial charge in [-0.3, -0.25) is 4.90 Å². The molecule has 1 saturated heterocycles. The molecular formula is C15H24BrN3. The number of nitrogens with zero attached hydrogens (tertiary/aromatic N) is 2. The predicted octanol–water partition coefficient (Wildman–Crippen LogP) is 2.48. The smallest absolute Gasteiger partial charge is 0.0467 e. The molecule has 3 nitrogen and oxygen atoms in total. The Bertz CT molecular complexity index is 373. The van der Waals surface area contributed by atoms with Crippen molar-refractivity contribution in [2.24, 2.45) is 5.73 Å². The van der Waals surface area contributed by atoms with E-state index >= 15 is 0 Å². The van der Waals surface area contributed by atoms with E-state index in [1.807, 2.05) is 0 Å². The Morgan fingerprint density at radius 3 is 2.47 bits per heavy atom. The molecule has 0 amide bonds. The Morgan fingerprint density at radius 2 is 1.89 bits per heavy atom. The summed E-state index contributed by atoms with van der Waals surface area (Å²) in [4.78, 5) is 4.92. The third kappa shape index (κ3) is 4.28. The van der Waals surface area contributed by atoms with Crippen molar-refractivity contribution in [3.05, 3.63) is 34.3 Å². The van der Waals surface area contributed by atoms with Crippen LogP contribution >= 0.6 is 15.9 Å². The van der Waals surface area contributed by atoms with E-state index < -0.39 is 0 Å². The molecule has 1 aliphatic heterocycles. The van der Waals surface area contributed by atoms with Crippen LogP contribution in [0.1, 0.15) is 24.4 Å². The van der Waals surface area contributed by atoms with Crippen molar-refractivity contribution in [2.75, 3.05) is 39.8 Å². The first kappa shape index (κ1) is 15.0. The summed E-state index contributed by atoms with van der Waals surface area (Å²) < 4.78 is 1.12. The summed E-state index contributed by atoms with van der Waals surface area (Å²) in [7, 11) is 2.18. The van der Waals surface area contributed by atoms with Gasteiger partial charge in [0, 0.05) is 30.1 Å². The second-order valence-electron chi connectivity index (χ2n) is 5.33. The molecule has 0 aliphatic carbocycles. The first-order valence-electron chi connectivity index (χ1n) is 7.09. The van der Waals surface area contributed by atoms with Crippen molar-refractivity contribution in [3.8, 4) is 0 Å². The second-order valence-corrected chi connectivity index (χ2v) is 6.25. The van der Waals surface area contributed by atoms with E-state index in [-0.39, 0.29) is 0 Å². The second kappa shape index (κ2) is 7.39. The van der Waals surface area contributed by atoms with Gasteiger partial charge < -0.3 is 10.6 Å². The number of halogens is 1. The molecule has 4 heteroatoms. The first-order chi connectivity index (χ1) is 9.20. The minimum absolute atomic E-state index is 0.315. The number of rotatable bonds is 6. The Hall–Kier alpha value is -0.420. The number of likely N-dealkylation sites (N-methyl/N-ethyl adjacent to an activating group) is 1. The molecule has 1 fully saturated rings. The maximum Gasteiger partial charge on any atom is 0.0467 e. The Morgan fingerprint density at radius 1 is 1.26 bits per heavy atom. The lowest BCUT2D eigenvalue weighted by Gasteiger charge is -2.29. The molecule has 1 aromatic rings. The highest BCUT2D eigenvalue weighted by atomic mass is 79.9. The molecule has 19 heavy (non-hydrogen) atoms. The molecule has 1 aromatic carbocycles. The molecule has 0 spiro atoms. The van der Waals surface area contributed by atoms with Crippen molar-refractivity contribution in [1.82, 2.24) is 9.80 Å². The number of benzene rings is 1. The lowest BCUT2D eigenvalue weighted by Crippen LogP contribution is -2.36. The average Bonchev–Trinajstić information content (AvgIpc) is 2.92. The van der Waals surface area contributed by atoms with Crippen molar-refractivity contribution in [3.63, 3.8) is 0 Å². The highest BCUT2D eigenvalue weighted by molar-refractivity contribution is 9.10. The van der Waals surface area contributed by atoms with Crippen LogP contribution in [0.5, 0.6) is 0 Å². The topological polar surface area (TPSA) is 32.5 Å². The molecule has 1 atom stereocenters. The standard InChI is InChI=1S/C15H24BrN3/c1-18(10-11-19-8-2-3-9-19)15(12-17)13-4-6-14(16)7-5-13/h4-7,15H,2-3,8-12,17H2,1H3. The fourth-order valence-corrected chi connectivity index (χ4v) is 2.98. The summed E-state index contributed by atoms with van der Waals surface area (Å²) in [5, 5.41) is 0. The van der Waals surface area contributed by atoms with Gasteiger partial charge in [0.1, 0.15) is 0 Å². The number of likely N-dealkylation sites (tertiary alicyclic amines) is 1. The summed E-state index contributed by atoms with van der Waals surface area (Å²) in [5.74, 6) is 0. The van der Waals surface area contributed by atoms with E-state index in [9.17, 15) is 0 Å². The molecule has 0 radical (unpaired) electrons. The van der Waals surface area contributed by atoms with Crippen LogP contribution in [0.25, 0.3) is 0 Å². The van der Waals surface area contributed by atoms with Crippen LogP contribution in [0.3, 0.4) is 0 Å². The fourth-order valence-electron chi connectivity index (χ4n) is 2.72. The van der Waals surface area contributed by atoms with E-state index in [4.69, 9.17) is 5.73 Å². The van der Waals surface area contributed by atoms with Gasteiger partial charge in [0.05, 0.1) is 0 Å². The van der Waals surface area contributed by atoms with E-state index in [2.05, 4.69) is 57.0 Å². The van der Waals surface area contributed by atoms with Crippen molar-refractivity contribution < 1.29 is 0 Å². The summed E-state index contributed by atoms with van der Waals surface area (Å²) in [6.45, 7) is 5.43. The van der Waals surface area contributed by atoms with Crippen LogP contribution in [0.2, 0.25) is 0 Å². The van der Waals surface area contributed by atoms with Crippen LogP contribution in [0.15, 0.2) is 28.7 Å². The van der Waals surface area contributed by atoms with Gasteiger partial charge in [0.25, 0.3) is 0 Å².